The van der Waals surface area contributed by atoms with E-state index in [0.717, 1.165) is 19.1 Å². The second-order valence-corrected chi connectivity index (χ2v) is 6.04. The molecule has 1 unspecified atom stereocenters. The highest BCUT2D eigenvalue weighted by molar-refractivity contribution is 5.33. The first kappa shape index (κ1) is 14.5. The number of rotatable bonds is 7. The molecule has 0 saturated heterocycles. The molecule has 1 aliphatic rings. The molecular weight excluding hydrogens is 232 g/mol. The van der Waals surface area contributed by atoms with Gasteiger partial charge in [-0.25, -0.2) is 0 Å². The number of likely N-dealkylation sites (N-methyl/N-ethyl adjacent to an activating group) is 1. The van der Waals surface area contributed by atoms with Crippen molar-refractivity contribution >= 4 is 0 Å². The molecule has 2 heteroatoms. The fourth-order valence-electron chi connectivity index (χ4n) is 2.68. The van der Waals surface area contributed by atoms with Crippen LogP contribution in [0.4, 0.5) is 0 Å². The van der Waals surface area contributed by atoms with Crippen LogP contribution in [0.25, 0.3) is 0 Å². The minimum absolute atomic E-state index is 0.463. The molecule has 2 nitrogen and oxygen atoms in total. The first-order valence-corrected chi connectivity index (χ1v) is 7.62. The number of nitrogens with one attached hydrogen (secondary N) is 1. The van der Waals surface area contributed by atoms with Crippen molar-refractivity contribution in [2.24, 2.45) is 0 Å². The van der Waals surface area contributed by atoms with Gasteiger partial charge in [0.2, 0.25) is 0 Å². The summed E-state index contributed by atoms with van der Waals surface area (Å²) in [6.45, 7) is 8.86. The molecule has 0 aliphatic heterocycles. The molecule has 1 fully saturated rings. The van der Waals surface area contributed by atoms with Crippen molar-refractivity contribution in [2.75, 3.05) is 20.1 Å². The lowest BCUT2D eigenvalue weighted by Gasteiger charge is -2.27. The second-order valence-electron chi connectivity index (χ2n) is 6.04. The van der Waals surface area contributed by atoms with Gasteiger partial charge < -0.3 is 10.2 Å². The minimum Gasteiger partial charge on any atom is -0.309 e. The third-order valence-electron chi connectivity index (χ3n) is 4.09. The van der Waals surface area contributed by atoms with Gasteiger partial charge in [0, 0.05) is 18.6 Å². The summed E-state index contributed by atoms with van der Waals surface area (Å²) in [7, 11) is 2.27. The van der Waals surface area contributed by atoms with E-state index in [4.69, 9.17) is 0 Å². The summed E-state index contributed by atoms with van der Waals surface area (Å²) in [5, 5.41) is 3.73. The summed E-state index contributed by atoms with van der Waals surface area (Å²) >= 11 is 0. The Kier molecular flexibility index (Phi) is 5.00. The van der Waals surface area contributed by atoms with Crippen LogP contribution in [0.1, 0.15) is 48.9 Å². The smallest absolute Gasteiger partial charge is 0.0452 e. The Balaban J connectivity index is 2.12. The highest BCUT2D eigenvalue weighted by Gasteiger charge is 2.28. The Bertz CT molecular complexity index is 410. The van der Waals surface area contributed by atoms with Crippen molar-refractivity contribution < 1.29 is 0 Å². The van der Waals surface area contributed by atoms with E-state index in [1.165, 1.54) is 36.0 Å². The van der Waals surface area contributed by atoms with Crippen molar-refractivity contribution in [3.8, 4) is 0 Å². The number of benzene rings is 1. The van der Waals surface area contributed by atoms with Crippen LogP contribution in [-0.2, 0) is 0 Å². The summed E-state index contributed by atoms with van der Waals surface area (Å²) in [6, 6.07) is 8.10. The highest BCUT2D eigenvalue weighted by Crippen LogP contribution is 2.28. The molecular formula is C17H28N2. The first-order chi connectivity index (χ1) is 9.11. The van der Waals surface area contributed by atoms with E-state index in [1.807, 2.05) is 0 Å². The predicted octanol–water partition coefficient (Wildman–Crippen LogP) is 3.44. The van der Waals surface area contributed by atoms with Crippen molar-refractivity contribution in [3.63, 3.8) is 0 Å². The molecule has 1 saturated carbocycles. The van der Waals surface area contributed by atoms with E-state index >= 15 is 0 Å². The van der Waals surface area contributed by atoms with Gasteiger partial charge in [-0.15, -0.1) is 0 Å². The summed E-state index contributed by atoms with van der Waals surface area (Å²) < 4.78 is 0. The van der Waals surface area contributed by atoms with Gasteiger partial charge in [0.25, 0.3) is 0 Å². The van der Waals surface area contributed by atoms with Crippen LogP contribution in [0, 0.1) is 13.8 Å². The van der Waals surface area contributed by atoms with Gasteiger partial charge in [-0.1, -0.05) is 30.7 Å². The molecule has 1 N–H and O–H groups in total. The van der Waals surface area contributed by atoms with E-state index in [-0.39, 0.29) is 0 Å². The highest BCUT2D eigenvalue weighted by atomic mass is 15.2. The number of nitrogens with zero attached hydrogens (tertiary/aromatic N) is 1. The third kappa shape index (κ3) is 4.05. The average molecular weight is 260 g/mol. The number of hydrogen-bond acceptors (Lipinski definition) is 2. The van der Waals surface area contributed by atoms with Gasteiger partial charge in [-0.3, -0.25) is 0 Å². The maximum atomic E-state index is 3.73. The lowest BCUT2D eigenvalue weighted by Crippen LogP contribution is -2.35. The molecule has 106 valence electrons. The monoisotopic (exact) mass is 260 g/mol. The number of aryl methyl sites for hydroxylation is 2. The van der Waals surface area contributed by atoms with Gasteiger partial charge in [0.1, 0.15) is 0 Å². The molecule has 2 rings (SSSR count). The Hall–Kier alpha value is -0.860. The van der Waals surface area contributed by atoms with Crippen molar-refractivity contribution in [2.45, 2.75) is 52.1 Å². The lowest BCUT2D eigenvalue weighted by molar-refractivity contribution is 0.281. The lowest BCUT2D eigenvalue weighted by atomic mass is 9.98. The minimum atomic E-state index is 0.463. The molecule has 0 heterocycles. The molecule has 0 amide bonds. The van der Waals surface area contributed by atoms with Crippen LogP contribution < -0.4 is 5.32 Å². The maximum Gasteiger partial charge on any atom is 0.0452 e. The molecule has 0 spiro atoms. The fourth-order valence-corrected chi connectivity index (χ4v) is 2.68. The molecule has 1 aliphatic carbocycles. The number of hydrogen-bond donors (Lipinski definition) is 1. The summed E-state index contributed by atoms with van der Waals surface area (Å²) in [5.41, 5.74) is 4.24. The maximum absolute atomic E-state index is 3.73. The Morgan fingerprint density at radius 3 is 2.68 bits per heavy atom. The van der Waals surface area contributed by atoms with Crippen LogP contribution in [-0.4, -0.2) is 31.1 Å². The van der Waals surface area contributed by atoms with Gasteiger partial charge >= 0.3 is 0 Å². The Morgan fingerprint density at radius 1 is 1.32 bits per heavy atom. The molecule has 0 aromatic heterocycles. The van der Waals surface area contributed by atoms with Crippen LogP contribution in [0.2, 0.25) is 0 Å². The molecule has 0 radical (unpaired) electrons. The second kappa shape index (κ2) is 6.53. The third-order valence-corrected chi connectivity index (χ3v) is 4.09. The van der Waals surface area contributed by atoms with Crippen LogP contribution in [0.3, 0.4) is 0 Å². The van der Waals surface area contributed by atoms with Gasteiger partial charge in [0.05, 0.1) is 0 Å². The normalized spacial score (nSPS) is 16.9. The molecule has 1 atom stereocenters. The molecule has 0 bridgehead atoms. The quantitative estimate of drug-likeness (QED) is 0.808. The van der Waals surface area contributed by atoms with E-state index < -0.39 is 0 Å². The molecule has 19 heavy (non-hydrogen) atoms. The largest absolute Gasteiger partial charge is 0.309 e. The topological polar surface area (TPSA) is 15.3 Å². The van der Waals surface area contributed by atoms with E-state index in [2.05, 4.69) is 56.2 Å². The summed E-state index contributed by atoms with van der Waals surface area (Å²) in [6.07, 6.45) is 3.95. The standard InChI is InChI=1S/C17H28N2/c1-5-10-18-17(12-19(4)15-8-9-15)16-11-13(2)6-7-14(16)3/h6-7,11,15,17-18H,5,8-10,12H2,1-4H3. The van der Waals surface area contributed by atoms with E-state index in [1.54, 1.807) is 0 Å². The zero-order chi connectivity index (χ0) is 13.8. The van der Waals surface area contributed by atoms with E-state index in [0.29, 0.717) is 6.04 Å². The summed E-state index contributed by atoms with van der Waals surface area (Å²) in [4.78, 5) is 2.52. The summed E-state index contributed by atoms with van der Waals surface area (Å²) in [5.74, 6) is 0. The Labute approximate surface area is 118 Å². The van der Waals surface area contributed by atoms with E-state index in [9.17, 15) is 0 Å². The van der Waals surface area contributed by atoms with Crippen molar-refractivity contribution in [1.29, 1.82) is 0 Å². The molecule has 1 aromatic carbocycles. The fraction of sp³-hybridized carbons (Fsp3) is 0.647. The van der Waals surface area contributed by atoms with Gasteiger partial charge in [-0.05, 0) is 57.8 Å². The SMILES string of the molecule is CCCNC(CN(C)C1CC1)c1cc(C)ccc1C. The first-order valence-electron chi connectivity index (χ1n) is 7.62. The predicted molar refractivity (Wildman–Crippen MR) is 82.6 cm³/mol. The van der Waals surface area contributed by atoms with Crippen molar-refractivity contribution in [1.82, 2.24) is 10.2 Å². The average Bonchev–Trinajstić information content (AvgIpc) is 3.21. The molecule has 1 aromatic rings. The van der Waals surface area contributed by atoms with Gasteiger partial charge in [0.15, 0.2) is 0 Å². The van der Waals surface area contributed by atoms with Crippen molar-refractivity contribution in [3.05, 3.63) is 34.9 Å². The zero-order valence-corrected chi connectivity index (χ0v) is 12.9. The van der Waals surface area contributed by atoms with Crippen LogP contribution in [0.5, 0.6) is 0 Å². The van der Waals surface area contributed by atoms with Crippen LogP contribution in [0.15, 0.2) is 18.2 Å². The van der Waals surface area contributed by atoms with Crippen LogP contribution >= 0.6 is 0 Å². The zero-order valence-electron chi connectivity index (χ0n) is 12.9. The Morgan fingerprint density at radius 2 is 2.05 bits per heavy atom. The van der Waals surface area contributed by atoms with Gasteiger partial charge in [-0.2, -0.15) is 0 Å².